The Hall–Kier alpha value is -1.85. The number of aromatic amines is 1. The molecule has 0 aromatic carbocycles. The van der Waals surface area contributed by atoms with Crippen molar-refractivity contribution in [1.82, 2.24) is 14.9 Å². The Morgan fingerprint density at radius 3 is 2.62 bits per heavy atom. The summed E-state index contributed by atoms with van der Waals surface area (Å²) in [6, 6.07) is 0. The standard InChI is InChI=1S/C10H14N4O2/c11-9(15)7-1-3-14(4-2-7)10(16)8-5-12-6-13-8/h5-7H,1-4H2,(H2,11,15)(H,12,13). The van der Waals surface area contributed by atoms with Crippen LogP contribution in [0, 0.1) is 5.92 Å². The first-order valence-electron chi connectivity index (χ1n) is 5.25. The minimum atomic E-state index is -0.270. The number of hydrogen-bond acceptors (Lipinski definition) is 3. The average Bonchev–Trinajstić information content (AvgIpc) is 2.81. The smallest absolute Gasteiger partial charge is 0.271 e. The van der Waals surface area contributed by atoms with Crippen LogP contribution in [0.2, 0.25) is 0 Å². The van der Waals surface area contributed by atoms with Gasteiger partial charge in [0.15, 0.2) is 0 Å². The number of carbonyl (C=O) groups is 2. The molecule has 1 aromatic heterocycles. The molecule has 0 unspecified atom stereocenters. The SMILES string of the molecule is NC(=O)C1CCN(C(=O)c2cnc[nH]2)CC1. The number of carbonyl (C=O) groups excluding carboxylic acids is 2. The number of nitrogens with zero attached hydrogens (tertiary/aromatic N) is 2. The van der Waals surface area contributed by atoms with E-state index in [-0.39, 0.29) is 17.7 Å². The minimum Gasteiger partial charge on any atom is -0.369 e. The van der Waals surface area contributed by atoms with Crippen molar-refractivity contribution in [3.05, 3.63) is 18.2 Å². The van der Waals surface area contributed by atoms with Crippen molar-refractivity contribution in [2.75, 3.05) is 13.1 Å². The van der Waals surface area contributed by atoms with Gasteiger partial charge in [-0.15, -0.1) is 0 Å². The molecule has 0 bridgehead atoms. The van der Waals surface area contributed by atoms with Crippen LogP contribution in [0.1, 0.15) is 23.3 Å². The van der Waals surface area contributed by atoms with Crippen molar-refractivity contribution >= 4 is 11.8 Å². The minimum absolute atomic E-state index is 0.0691. The summed E-state index contributed by atoms with van der Waals surface area (Å²) in [6.07, 6.45) is 4.27. The zero-order chi connectivity index (χ0) is 11.5. The molecule has 0 saturated carbocycles. The number of amides is 2. The maximum atomic E-state index is 11.9. The molecular formula is C10H14N4O2. The molecule has 86 valence electrons. The van der Waals surface area contributed by atoms with E-state index in [1.165, 1.54) is 12.5 Å². The number of hydrogen-bond donors (Lipinski definition) is 2. The van der Waals surface area contributed by atoms with Crippen LogP contribution in [0.3, 0.4) is 0 Å². The molecule has 1 aromatic rings. The first kappa shape index (κ1) is 10.7. The van der Waals surface area contributed by atoms with Gasteiger partial charge < -0.3 is 15.6 Å². The fraction of sp³-hybridized carbons (Fsp3) is 0.500. The summed E-state index contributed by atoms with van der Waals surface area (Å²) < 4.78 is 0. The second-order valence-corrected chi connectivity index (χ2v) is 3.93. The zero-order valence-corrected chi connectivity index (χ0v) is 8.85. The van der Waals surface area contributed by atoms with E-state index >= 15 is 0 Å². The van der Waals surface area contributed by atoms with E-state index in [9.17, 15) is 9.59 Å². The summed E-state index contributed by atoms with van der Waals surface area (Å²) >= 11 is 0. The van der Waals surface area contributed by atoms with Crippen molar-refractivity contribution < 1.29 is 9.59 Å². The lowest BCUT2D eigenvalue weighted by Gasteiger charge is -2.30. The number of nitrogens with one attached hydrogen (secondary N) is 1. The Morgan fingerprint density at radius 1 is 1.44 bits per heavy atom. The molecule has 16 heavy (non-hydrogen) atoms. The molecule has 1 aliphatic rings. The number of imidazole rings is 1. The molecule has 2 amide bonds. The Bertz CT molecular complexity index is 380. The summed E-state index contributed by atoms with van der Waals surface area (Å²) in [6.45, 7) is 1.15. The fourth-order valence-electron chi connectivity index (χ4n) is 1.91. The Labute approximate surface area is 92.8 Å². The summed E-state index contributed by atoms with van der Waals surface area (Å²) in [5, 5.41) is 0. The first-order chi connectivity index (χ1) is 7.68. The molecule has 1 aliphatic heterocycles. The lowest BCUT2D eigenvalue weighted by atomic mass is 9.96. The van der Waals surface area contributed by atoms with E-state index in [0.29, 0.717) is 31.6 Å². The van der Waals surface area contributed by atoms with Crippen LogP contribution in [0.15, 0.2) is 12.5 Å². The quantitative estimate of drug-likeness (QED) is 0.722. The summed E-state index contributed by atoms with van der Waals surface area (Å²) in [7, 11) is 0. The van der Waals surface area contributed by atoms with E-state index in [1.54, 1.807) is 4.90 Å². The van der Waals surface area contributed by atoms with Gasteiger partial charge in [-0.05, 0) is 12.8 Å². The van der Waals surface area contributed by atoms with Crippen LogP contribution in [0.4, 0.5) is 0 Å². The third-order valence-corrected chi connectivity index (χ3v) is 2.91. The number of piperidine rings is 1. The molecular weight excluding hydrogens is 208 g/mol. The predicted molar refractivity (Wildman–Crippen MR) is 56.4 cm³/mol. The highest BCUT2D eigenvalue weighted by Gasteiger charge is 2.26. The van der Waals surface area contributed by atoms with E-state index in [0.717, 1.165) is 0 Å². The van der Waals surface area contributed by atoms with Gasteiger partial charge in [0.1, 0.15) is 5.69 Å². The number of nitrogens with two attached hydrogens (primary N) is 1. The number of rotatable bonds is 2. The van der Waals surface area contributed by atoms with Gasteiger partial charge in [0.2, 0.25) is 5.91 Å². The van der Waals surface area contributed by atoms with Crippen LogP contribution in [0.25, 0.3) is 0 Å². The lowest BCUT2D eigenvalue weighted by Crippen LogP contribution is -2.41. The molecule has 2 heterocycles. The van der Waals surface area contributed by atoms with Gasteiger partial charge in [-0.2, -0.15) is 0 Å². The molecule has 6 nitrogen and oxygen atoms in total. The maximum absolute atomic E-state index is 11.9. The molecule has 1 saturated heterocycles. The van der Waals surface area contributed by atoms with Crippen molar-refractivity contribution in [3.8, 4) is 0 Å². The normalized spacial score (nSPS) is 17.4. The van der Waals surface area contributed by atoms with Crippen LogP contribution >= 0.6 is 0 Å². The van der Waals surface area contributed by atoms with Gasteiger partial charge in [0.05, 0.1) is 12.5 Å². The molecule has 0 atom stereocenters. The number of primary amides is 1. The fourth-order valence-corrected chi connectivity index (χ4v) is 1.91. The van der Waals surface area contributed by atoms with Gasteiger partial charge in [-0.3, -0.25) is 9.59 Å². The highest BCUT2D eigenvalue weighted by Crippen LogP contribution is 2.17. The Kier molecular flexibility index (Phi) is 2.89. The number of likely N-dealkylation sites (tertiary alicyclic amines) is 1. The number of aromatic nitrogens is 2. The van der Waals surface area contributed by atoms with Gasteiger partial charge in [0.25, 0.3) is 5.91 Å². The van der Waals surface area contributed by atoms with Gasteiger partial charge in [0, 0.05) is 19.0 Å². The van der Waals surface area contributed by atoms with E-state index < -0.39 is 0 Å². The van der Waals surface area contributed by atoms with Crippen LogP contribution in [0.5, 0.6) is 0 Å². The molecule has 0 radical (unpaired) electrons. The molecule has 6 heteroatoms. The molecule has 0 spiro atoms. The first-order valence-corrected chi connectivity index (χ1v) is 5.25. The van der Waals surface area contributed by atoms with Gasteiger partial charge in [-0.1, -0.05) is 0 Å². The van der Waals surface area contributed by atoms with E-state index in [1.807, 2.05) is 0 Å². The second-order valence-electron chi connectivity index (χ2n) is 3.93. The summed E-state index contributed by atoms with van der Waals surface area (Å²) in [5.74, 6) is -0.431. The second kappa shape index (κ2) is 4.34. The van der Waals surface area contributed by atoms with Crippen LogP contribution in [-0.2, 0) is 4.79 Å². The van der Waals surface area contributed by atoms with Gasteiger partial charge in [-0.25, -0.2) is 4.98 Å². The Morgan fingerprint density at radius 2 is 2.12 bits per heavy atom. The predicted octanol–water partition coefficient (Wildman–Crippen LogP) is -0.253. The summed E-state index contributed by atoms with van der Waals surface area (Å²) in [5.41, 5.74) is 5.71. The highest BCUT2D eigenvalue weighted by molar-refractivity contribution is 5.92. The van der Waals surface area contributed by atoms with Crippen molar-refractivity contribution in [2.24, 2.45) is 11.7 Å². The molecule has 3 N–H and O–H groups in total. The van der Waals surface area contributed by atoms with E-state index in [4.69, 9.17) is 5.73 Å². The van der Waals surface area contributed by atoms with Gasteiger partial charge >= 0.3 is 0 Å². The van der Waals surface area contributed by atoms with Crippen LogP contribution in [-0.4, -0.2) is 39.8 Å². The van der Waals surface area contributed by atoms with Crippen molar-refractivity contribution in [2.45, 2.75) is 12.8 Å². The third-order valence-electron chi connectivity index (χ3n) is 2.91. The largest absolute Gasteiger partial charge is 0.369 e. The lowest BCUT2D eigenvalue weighted by molar-refractivity contribution is -0.123. The maximum Gasteiger partial charge on any atom is 0.271 e. The van der Waals surface area contributed by atoms with Crippen LogP contribution < -0.4 is 5.73 Å². The number of H-pyrrole nitrogens is 1. The zero-order valence-electron chi connectivity index (χ0n) is 8.85. The molecule has 1 fully saturated rings. The summed E-state index contributed by atoms with van der Waals surface area (Å²) in [4.78, 5) is 31.1. The monoisotopic (exact) mass is 222 g/mol. The topological polar surface area (TPSA) is 92.1 Å². The highest BCUT2D eigenvalue weighted by atomic mass is 16.2. The molecule has 0 aliphatic carbocycles. The van der Waals surface area contributed by atoms with Crippen molar-refractivity contribution in [3.63, 3.8) is 0 Å². The third kappa shape index (κ3) is 2.05. The van der Waals surface area contributed by atoms with Crippen molar-refractivity contribution in [1.29, 1.82) is 0 Å². The average molecular weight is 222 g/mol. The molecule has 2 rings (SSSR count). The van der Waals surface area contributed by atoms with E-state index in [2.05, 4.69) is 9.97 Å². The Balaban J connectivity index is 1.94.